The lowest BCUT2D eigenvalue weighted by Gasteiger charge is -2.34. The van der Waals surface area contributed by atoms with E-state index in [-0.39, 0.29) is 34.1 Å². The molecule has 1 fully saturated rings. The smallest absolute Gasteiger partial charge is 0.264 e. The van der Waals surface area contributed by atoms with E-state index >= 15 is 0 Å². The topological polar surface area (TPSA) is 96.0 Å². The summed E-state index contributed by atoms with van der Waals surface area (Å²) in [6.07, 6.45) is 5.18. The fourth-order valence-corrected chi connectivity index (χ4v) is 7.17. The summed E-state index contributed by atoms with van der Waals surface area (Å²) < 4.78 is 48.2. The number of benzene rings is 3. The second-order valence-corrected chi connectivity index (χ2v) is 13.6. The highest BCUT2D eigenvalue weighted by molar-refractivity contribution is 7.92. The van der Waals surface area contributed by atoms with Crippen LogP contribution in [0.5, 0.6) is 5.75 Å². The van der Waals surface area contributed by atoms with Crippen LogP contribution in [-0.4, -0.2) is 50.4 Å². The van der Waals surface area contributed by atoms with Gasteiger partial charge in [-0.3, -0.25) is 13.9 Å². The lowest BCUT2D eigenvalue weighted by molar-refractivity contribution is -0.140. The largest absolute Gasteiger partial charge is 0.494 e. The van der Waals surface area contributed by atoms with Gasteiger partial charge in [-0.25, -0.2) is 12.8 Å². The van der Waals surface area contributed by atoms with Crippen molar-refractivity contribution >= 4 is 50.7 Å². The van der Waals surface area contributed by atoms with Gasteiger partial charge in [0.1, 0.15) is 24.2 Å². The molecule has 0 spiro atoms. The predicted molar refractivity (Wildman–Crippen MR) is 175 cm³/mol. The maximum atomic E-state index is 14.3. The molecule has 2 amide bonds. The second-order valence-electron chi connectivity index (χ2n) is 10.9. The quantitative estimate of drug-likeness (QED) is 0.211. The van der Waals surface area contributed by atoms with E-state index in [1.807, 2.05) is 6.92 Å². The molecule has 1 N–H and O–H groups in total. The molecule has 3 aromatic carbocycles. The highest BCUT2D eigenvalue weighted by atomic mass is 35.5. The van der Waals surface area contributed by atoms with Crippen LogP contribution in [0.25, 0.3) is 0 Å². The number of amides is 2. The molecule has 1 saturated carbocycles. The van der Waals surface area contributed by atoms with Crippen molar-refractivity contribution in [3.8, 4) is 5.75 Å². The molecule has 0 aromatic heterocycles. The third-order valence-corrected chi connectivity index (χ3v) is 10.3. The summed E-state index contributed by atoms with van der Waals surface area (Å²) in [7, 11) is -4.35. The molecule has 8 nitrogen and oxygen atoms in total. The Labute approximate surface area is 274 Å². The molecule has 3 aromatic rings. The maximum Gasteiger partial charge on any atom is 0.264 e. The number of halogens is 3. The lowest BCUT2D eigenvalue weighted by Crippen LogP contribution is -2.54. The first-order valence-electron chi connectivity index (χ1n) is 15.1. The number of carbonyl (C=O) groups excluding carboxylic acids is 2. The first-order valence-corrected chi connectivity index (χ1v) is 17.3. The van der Waals surface area contributed by atoms with Gasteiger partial charge in [-0.15, -0.1) is 0 Å². The van der Waals surface area contributed by atoms with Gasteiger partial charge in [-0.1, -0.05) is 55.5 Å². The second kappa shape index (κ2) is 15.8. The van der Waals surface area contributed by atoms with Crippen LogP contribution in [0.3, 0.4) is 0 Å². The van der Waals surface area contributed by atoms with Crippen molar-refractivity contribution < 1.29 is 27.1 Å². The van der Waals surface area contributed by atoms with E-state index in [0.717, 1.165) is 60.7 Å². The molecule has 1 atom stereocenters. The van der Waals surface area contributed by atoms with E-state index in [1.54, 1.807) is 37.3 Å². The Morgan fingerprint density at radius 3 is 2.22 bits per heavy atom. The molecular weight excluding hydrogens is 640 g/mol. The molecule has 1 aliphatic rings. The van der Waals surface area contributed by atoms with E-state index < -0.39 is 34.3 Å². The molecule has 1 unspecified atom stereocenters. The van der Waals surface area contributed by atoms with Gasteiger partial charge in [-0.05, 0) is 92.4 Å². The minimum atomic E-state index is -4.35. The Kier molecular flexibility index (Phi) is 12.1. The fourth-order valence-electron chi connectivity index (χ4n) is 5.44. The highest BCUT2D eigenvalue weighted by Crippen LogP contribution is 2.28. The Hall–Kier alpha value is -3.34. The number of nitrogens with one attached hydrogen (secondary N) is 1. The van der Waals surface area contributed by atoms with E-state index in [1.165, 1.54) is 17.0 Å². The van der Waals surface area contributed by atoms with Crippen molar-refractivity contribution in [2.75, 3.05) is 17.5 Å². The van der Waals surface area contributed by atoms with Crippen LogP contribution in [0, 0.1) is 5.82 Å². The molecule has 0 bridgehead atoms. The number of hydrogen-bond donors (Lipinski definition) is 1. The number of nitrogens with zero attached hydrogens (tertiary/aromatic N) is 2. The number of ether oxygens (including phenoxy) is 1. The van der Waals surface area contributed by atoms with Crippen molar-refractivity contribution in [3.63, 3.8) is 0 Å². The standard InChI is InChI=1S/C33H38Cl2FN3O5S/c1-3-31(33(41)37-25-8-6-5-7-9-25)38(21-23-10-19-29(34)30(35)20-23)32(40)22-39(26-13-15-27(16-14-26)44-4-2)45(42,43)28-17-11-24(36)12-18-28/h10-20,25,31H,3-9,21-22H2,1-2H3,(H,37,41). The Morgan fingerprint density at radius 2 is 1.62 bits per heavy atom. The van der Waals surface area contributed by atoms with Gasteiger partial charge in [0, 0.05) is 12.6 Å². The van der Waals surface area contributed by atoms with Crippen molar-refractivity contribution in [2.24, 2.45) is 0 Å². The number of rotatable bonds is 13. The fraction of sp³-hybridized carbons (Fsp3) is 0.394. The van der Waals surface area contributed by atoms with Crippen molar-refractivity contribution in [2.45, 2.75) is 75.9 Å². The third kappa shape index (κ3) is 8.89. The van der Waals surface area contributed by atoms with Gasteiger partial charge in [0.25, 0.3) is 10.0 Å². The number of carbonyl (C=O) groups is 2. The van der Waals surface area contributed by atoms with Gasteiger partial charge in [-0.2, -0.15) is 0 Å². The number of sulfonamides is 1. The van der Waals surface area contributed by atoms with Gasteiger partial charge < -0.3 is 15.0 Å². The molecule has 12 heteroatoms. The molecule has 45 heavy (non-hydrogen) atoms. The zero-order valence-corrected chi connectivity index (χ0v) is 27.7. The molecule has 0 radical (unpaired) electrons. The molecular formula is C33H38Cl2FN3O5S. The van der Waals surface area contributed by atoms with Gasteiger partial charge in [0.2, 0.25) is 11.8 Å². The van der Waals surface area contributed by atoms with Crippen LogP contribution in [0.4, 0.5) is 10.1 Å². The molecule has 0 saturated heterocycles. The average molecular weight is 679 g/mol. The van der Waals surface area contributed by atoms with Crippen LogP contribution in [0.2, 0.25) is 10.0 Å². The molecule has 4 rings (SSSR count). The Balaban J connectivity index is 1.72. The summed E-state index contributed by atoms with van der Waals surface area (Å²) in [4.78, 5) is 29.1. The van der Waals surface area contributed by atoms with E-state index in [0.29, 0.717) is 29.4 Å². The molecule has 242 valence electrons. The van der Waals surface area contributed by atoms with Crippen LogP contribution < -0.4 is 14.4 Å². The Bertz CT molecular complexity index is 1570. The first kappa shape index (κ1) is 34.5. The zero-order valence-electron chi connectivity index (χ0n) is 25.3. The summed E-state index contributed by atoms with van der Waals surface area (Å²) >= 11 is 12.4. The monoisotopic (exact) mass is 677 g/mol. The van der Waals surface area contributed by atoms with Gasteiger partial charge >= 0.3 is 0 Å². The highest BCUT2D eigenvalue weighted by Gasteiger charge is 2.34. The SMILES string of the molecule is CCOc1ccc(N(CC(=O)N(Cc2ccc(Cl)c(Cl)c2)C(CC)C(=O)NC2CCCCC2)S(=O)(=O)c2ccc(F)cc2)cc1. The van der Waals surface area contributed by atoms with Gasteiger partial charge in [0.15, 0.2) is 0 Å². The van der Waals surface area contributed by atoms with E-state index in [2.05, 4.69) is 5.32 Å². The van der Waals surface area contributed by atoms with Crippen LogP contribution in [-0.2, 0) is 26.2 Å². The minimum Gasteiger partial charge on any atom is -0.494 e. The molecule has 0 aliphatic heterocycles. The summed E-state index contributed by atoms with van der Waals surface area (Å²) in [6.45, 7) is 3.41. The number of hydrogen-bond acceptors (Lipinski definition) is 5. The summed E-state index contributed by atoms with van der Waals surface area (Å²) in [5.41, 5.74) is 0.820. The van der Waals surface area contributed by atoms with Crippen LogP contribution >= 0.6 is 23.2 Å². The summed E-state index contributed by atoms with van der Waals surface area (Å²) in [5, 5.41) is 3.74. The zero-order chi connectivity index (χ0) is 32.6. The molecule has 0 heterocycles. The van der Waals surface area contributed by atoms with Gasteiger partial charge in [0.05, 0.1) is 27.2 Å². The number of anilines is 1. The van der Waals surface area contributed by atoms with Crippen LogP contribution in [0.1, 0.15) is 57.9 Å². The lowest BCUT2D eigenvalue weighted by atomic mass is 9.95. The van der Waals surface area contributed by atoms with Crippen molar-refractivity contribution in [1.82, 2.24) is 10.2 Å². The average Bonchev–Trinajstić information content (AvgIpc) is 3.02. The van der Waals surface area contributed by atoms with E-state index in [9.17, 15) is 22.4 Å². The normalized spacial score (nSPS) is 14.4. The first-order chi connectivity index (χ1) is 21.5. The van der Waals surface area contributed by atoms with Crippen molar-refractivity contribution in [3.05, 3.63) is 88.2 Å². The predicted octanol–water partition coefficient (Wildman–Crippen LogP) is 6.98. The summed E-state index contributed by atoms with van der Waals surface area (Å²) in [6, 6.07) is 14.7. The third-order valence-electron chi connectivity index (χ3n) is 7.79. The van der Waals surface area contributed by atoms with Crippen LogP contribution in [0.15, 0.2) is 71.6 Å². The minimum absolute atomic E-state index is 0.0139. The maximum absolute atomic E-state index is 14.3. The Morgan fingerprint density at radius 1 is 0.956 bits per heavy atom. The van der Waals surface area contributed by atoms with E-state index in [4.69, 9.17) is 27.9 Å². The van der Waals surface area contributed by atoms with Crippen molar-refractivity contribution in [1.29, 1.82) is 0 Å². The summed E-state index contributed by atoms with van der Waals surface area (Å²) in [5.74, 6) is -0.975. The molecule has 1 aliphatic carbocycles.